The Morgan fingerprint density at radius 3 is 2.51 bits per heavy atom. The van der Waals surface area contributed by atoms with Crippen molar-refractivity contribution in [2.45, 2.75) is 29.1 Å². The molecule has 3 saturated heterocycles. The summed E-state index contributed by atoms with van der Waals surface area (Å²) in [5.74, 6) is -1.33. The molecule has 6 rings (SSSR count). The van der Waals surface area contributed by atoms with Crippen LogP contribution in [0.4, 0.5) is 5.69 Å². The number of aromatic nitrogens is 1. The molecule has 10 nitrogen and oxygen atoms in total. The molecular weight excluding hydrogens is 568 g/mol. The highest BCUT2D eigenvalue weighted by atomic mass is 35.5. The van der Waals surface area contributed by atoms with E-state index in [1.165, 1.54) is 23.1 Å². The van der Waals surface area contributed by atoms with Crippen molar-refractivity contribution >= 4 is 50.0 Å². The van der Waals surface area contributed by atoms with Crippen LogP contribution in [0.2, 0.25) is 5.02 Å². The molecule has 1 amide bonds. The molecule has 3 aliphatic rings. The number of esters is 1. The Balaban J connectivity index is 1.31. The average molecular weight is 597 g/mol. The zero-order chi connectivity index (χ0) is 28.8. The van der Waals surface area contributed by atoms with Crippen molar-refractivity contribution in [3.63, 3.8) is 0 Å². The number of rotatable bonds is 6. The first-order valence-electron chi connectivity index (χ1n) is 13.3. The first-order chi connectivity index (χ1) is 19.7. The Morgan fingerprint density at radius 1 is 1.07 bits per heavy atom. The van der Waals surface area contributed by atoms with Gasteiger partial charge in [-0.2, -0.15) is 4.31 Å². The lowest BCUT2D eigenvalue weighted by molar-refractivity contribution is -0.206. The van der Waals surface area contributed by atoms with Gasteiger partial charge in [-0.15, -0.1) is 0 Å². The van der Waals surface area contributed by atoms with Gasteiger partial charge in [0, 0.05) is 36.2 Å². The van der Waals surface area contributed by atoms with E-state index in [0.29, 0.717) is 36.3 Å². The molecule has 1 aromatic heterocycles. The molecule has 0 saturated carbocycles. The largest absolute Gasteiger partial charge is 0.458 e. The molecule has 4 heterocycles. The van der Waals surface area contributed by atoms with E-state index in [2.05, 4.69) is 16.5 Å². The van der Waals surface area contributed by atoms with Gasteiger partial charge in [0.2, 0.25) is 15.9 Å². The van der Waals surface area contributed by atoms with Crippen LogP contribution in [-0.4, -0.2) is 85.1 Å². The van der Waals surface area contributed by atoms with Crippen molar-refractivity contribution in [1.29, 1.82) is 0 Å². The van der Waals surface area contributed by atoms with E-state index in [1.54, 1.807) is 36.7 Å². The maximum Gasteiger partial charge on any atom is 0.361 e. The van der Waals surface area contributed by atoms with Gasteiger partial charge in [-0.25, -0.2) is 13.2 Å². The molecule has 214 valence electrons. The highest BCUT2D eigenvalue weighted by Gasteiger charge is 2.65. The summed E-state index contributed by atoms with van der Waals surface area (Å²) in [4.78, 5) is 34.8. The van der Waals surface area contributed by atoms with E-state index in [0.717, 1.165) is 15.4 Å². The molecule has 1 spiro atoms. The summed E-state index contributed by atoms with van der Waals surface area (Å²) < 4.78 is 40.8. The molecule has 0 bridgehead atoms. The molecule has 0 N–H and O–H groups in total. The summed E-state index contributed by atoms with van der Waals surface area (Å²) in [5.41, 5.74) is -1.71. The van der Waals surface area contributed by atoms with Crippen LogP contribution in [0.15, 0.2) is 78.5 Å². The van der Waals surface area contributed by atoms with Gasteiger partial charge in [0.1, 0.15) is 6.61 Å². The number of amides is 1. The van der Waals surface area contributed by atoms with Crippen LogP contribution < -0.4 is 4.90 Å². The molecule has 2 aromatic carbocycles. The lowest BCUT2D eigenvalue weighted by Gasteiger charge is -2.43. The molecule has 3 aliphatic heterocycles. The minimum absolute atomic E-state index is 0.00144. The van der Waals surface area contributed by atoms with Crippen LogP contribution in [-0.2, 0) is 29.1 Å². The van der Waals surface area contributed by atoms with Crippen molar-refractivity contribution in [1.82, 2.24) is 14.2 Å². The van der Waals surface area contributed by atoms with Crippen molar-refractivity contribution in [3.05, 3.63) is 78.6 Å². The second kappa shape index (κ2) is 10.4. The predicted molar refractivity (Wildman–Crippen MR) is 153 cm³/mol. The number of ether oxygens (including phenoxy) is 2. The van der Waals surface area contributed by atoms with Crippen LogP contribution in [0.25, 0.3) is 10.8 Å². The third-order valence-electron chi connectivity index (χ3n) is 8.04. The smallest absolute Gasteiger partial charge is 0.361 e. The van der Waals surface area contributed by atoms with Gasteiger partial charge in [-0.05, 0) is 60.0 Å². The highest BCUT2D eigenvalue weighted by Crippen LogP contribution is 2.45. The number of benzene rings is 2. The maximum absolute atomic E-state index is 13.9. The van der Waals surface area contributed by atoms with Gasteiger partial charge in [-0.3, -0.25) is 14.7 Å². The van der Waals surface area contributed by atoms with Crippen molar-refractivity contribution in [3.8, 4) is 0 Å². The number of carbonyl (C=O) groups excluding carboxylic acids is 2. The van der Waals surface area contributed by atoms with Crippen molar-refractivity contribution in [2.75, 3.05) is 44.2 Å². The Labute approximate surface area is 243 Å². The first kappa shape index (κ1) is 27.6. The van der Waals surface area contributed by atoms with E-state index in [9.17, 15) is 18.0 Å². The van der Waals surface area contributed by atoms with Crippen molar-refractivity contribution < 1.29 is 27.5 Å². The van der Waals surface area contributed by atoms with Crippen LogP contribution in [0, 0.1) is 0 Å². The fourth-order valence-electron chi connectivity index (χ4n) is 5.93. The van der Waals surface area contributed by atoms with E-state index in [1.807, 2.05) is 12.1 Å². The zero-order valence-electron chi connectivity index (χ0n) is 22.2. The zero-order valence-corrected chi connectivity index (χ0v) is 23.8. The number of piperidine rings is 1. The molecule has 0 aliphatic carbocycles. The number of carbonyl (C=O) groups is 2. The van der Waals surface area contributed by atoms with Crippen molar-refractivity contribution in [2.24, 2.45) is 0 Å². The van der Waals surface area contributed by atoms with Crippen LogP contribution in [0.5, 0.6) is 0 Å². The van der Waals surface area contributed by atoms with Gasteiger partial charge in [0.05, 0.1) is 30.1 Å². The van der Waals surface area contributed by atoms with Crippen LogP contribution >= 0.6 is 11.6 Å². The Bertz CT molecular complexity index is 1630. The standard InChI is InChI=1S/C29H29ClN4O6S/c1-2-15-39-27(36)29-20-33(41(37,38)25-6-4-21-16-23(30)5-3-22(21)17-25)18-26(35)34(29)19-28(40-29)9-13-32(14-10-28)24-7-11-31-12-8-24/h2-8,11-12,16-17H,1,9-10,13-15,18-20H2. The summed E-state index contributed by atoms with van der Waals surface area (Å²) in [6, 6.07) is 13.7. The minimum Gasteiger partial charge on any atom is -0.458 e. The molecule has 1 unspecified atom stereocenters. The van der Waals surface area contributed by atoms with Gasteiger partial charge >= 0.3 is 5.97 Å². The summed E-state index contributed by atoms with van der Waals surface area (Å²) in [6.45, 7) is 4.13. The number of pyridine rings is 1. The molecule has 41 heavy (non-hydrogen) atoms. The van der Waals surface area contributed by atoms with E-state index >= 15 is 0 Å². The lowest BCUT2D eigenvalue weighted by Crippen LogP contribution is -2.67. The molecular formula is C29H29ClN4O6S. The predicted octanol–water partition coefficient (Wildman–Crippen LogP) is 3.22. The third kappa shape index (κ3) is 4.86. The third-order valence-corrected chi connectivity index (χ3v) is 10.1. The van der Waals surface area contributed by atoms with Gasteiger partial charge in [-0.1, -0.05) is 36.4 Å². The summed E-state index contributed by atoms with van der Waals surface area (Å²) in [5, 5.41) is 1.99. The van der Waals surface area contributed by atoms with E-state index in [4.69, 9.17) is 21.1 Å². The first-order valence-corrected chi connectivity index (χ1v) is 15.1. The highest BCUT2D eigenvalue weighted by molar-refractivity contribution is 7.89. The normalized spacial score (nSPS) is 22.6. The SMILES string of the molecule is C=CCOC(=O)C12CN(S(=O)(=O)c3ccc4cc(Cl)ccc4c3)CC(=O)N1CC1(CCN(c3ccncc3)CC1)O2. The molecule has 3 aromatic rings. The Kier molecular flexibility index (Phi) is 7.01. The van der Waals surface area contributed by atoms with Gasteiger partial charge in [0.25, 0.3) is 5.72 Å². The van der Waals surface area contributed by atoms with E-state index < -0.39 is 39.8 Å². The van der Waals surface area contributed by atoms with Gasteiger partial charge < -0.3 is 14.4 Å². The molecule has 0 radical (unpaired) electrons. The monoisotopic (exact) mass is 596 g/mol. The molecule has 3 fully saturated rings. The second-order valence-electron chi connectivity index (χ2n) is 10.6. The topological polar surface area (TPSA) is 109 Å². The van der Waals surface area contributed by atoms with Gasteiger partial charge in [0.15, 0.2) is 0 Å². The summed E-state index contributed by atoms with van der Waals surface area (Å²) >= 11 is 6.08. The molecule has 12 heteroatoms. The number of hydrogen-bond donors (Lipinski definition) is 0. The average Bonchev–Trinajstić information content (AvgIpc) is 3.31. The maximum atomic E-state index is 13.9. The number of piperazine rings is 1. The number of halogens is 1. The fourth-order valence-corrected chi connectivity index (χ4v) is 7.55. The van der Waals surface area contributed by atoms with Crippen LogP contribution in [0.3, 0.4) is 0 Å². The van der Waals surface area contributed by atoms with Crippen LogP contribution in [0.1, 0.15) is 12.8 Å². The van der Waals surface area contributed by atoms with E-state index in [-0.39, 0.29) is 24.6 Å². The summed E-state index contributed by atoms with van der Waals surface area (Å²) in [7, 11) is -4.18. The number of fused-ring (bicyclic) bond motifs is 2. The molecule has 1 atom stereocenters. The number of hydrogen-bond acceptors (Lipinski definition) is 8. The quantitative estimate of drug-likeness (QED) is 0.315. The second-order valence-corrected chi connectivity index (χ2v) is 12.9. The number of anilines is 1. The Hall–Kier alpha value is -3.51. The minimum atomic E-state index is -4.18. The fraction of sp³-hybridized carbons (Fsp3) is 0.345. The number of sulfonamides is 1. The summed E-state index contributed by atoms with van der Waals surface area (Å²) in [6.07, 6.45) is 5.95. The lowest BCUT2D eigenvalue weighted by atomic mass is 9.91. The Morgan fingerprint density at radius 2 is 1.78 bits per heavy atom. The number of nitrogens with zero attached hydrogens (tertiary/aromatic N) is 4.